The van der Waals surface area contributed by atoms with Crippen LogP contribution in [0.2, 0.25) is 0 Å². The molecule has 0 bridgehead atoms. The Kier molecular flexibility index (Phi) is 4.55. The highest BCUT2D eigenvalue weighted by Gasteiger charge is 2.18. The second-order valence-corrected chi connectivity index (χ2v) is 9.77. The number of nitrogens with one attached hydrogen (secondary N) is 1. The van der Waals surface area contributed by atoms with Gasteiger partial charge in [-0.15, -0.1) is 0 Å². The topological polar surface area (TPSA) is 34.8 Å². The van der Waals surface area contributed by atoms with Gasteiger partial charge in [-0.25, -0.2) is 0 Å². The third kappa shape index (κ3) is 3.07. The van der Waals surface area contributed by atoms with Gasteiger partial charge in [-0.05, 0) is 65.9 Å². The van der Waals surface area contributed by atoms with Crippen LogP contribution in [0.4, 0.5) is 0 Å². The van der Waals surface area contributed by atoms with Crippen LogP contribution in [-0.4, -0.2) is 14.1 Å². The number of pyridine rings is 1. The van der Waals surface area contributed by atoms with Crippen LogP contribution in [0.1, 0.15) is 11.3 Å². The van der Waals surface area contributed by atoms with E-state index < -0.39 is 0 Å². The normalized spacial score (nSPS) is 12.7. The summed E-state index contributed by atoms with van der Waals surface area (Å²) in [6.07, 6.45) is 8.05. The van der Waals surface area contributed by atoms with Crippen molar-refractivity contribution in [2.75, 3.05) is 0 Å². The average Bonchev–Trinajstić information content (AvgIpc) is 3.51. The van der Waals surface area contributed by atoms with Crippen molar-refractivity contribution in [3.05, 3.63) is 133 Å². The van der Waals surface area contributed by atoms with Gasteiger partial charge in [0.1, 0.15) is 0 Å². The van der Waals surface area contributed by atoms with E-state index in [0.717, 1.165) is 12.2 Å². The van der Waals surface area contributed by atoms with E-state index in [2.05, 4.69) is 129 Å². The highest BCUT2D eigenvalue weighted by molar-refractivity contribution is 6.08. The summed E-state index contributed by atoms with van der Waals surface area (Å²) in [5.41, 5.74) is 10.9. The molecule has 0 unspecified atom stereocenters. The number of benzene rings is 4. The van der Waals surface area contributed by atoms with Crippen LogP contribution in [0.15, 0.2) is 122 Å². The van der Waals surface area contributed by atoms with Crippen LogP contribution >= 0.6 is 0 Å². The van der Waals surface area contributed by atoms with E-state index in [0.29, 0.717) is 0 Å². The number of fused-ring (bicyclic) bond motifs is 6. The number of para-hydroxylation sites is 2. The van der Waals surface area contributed by atoms with Crippen molar-refractivity contribution in [1.82, 2.24) is 19.4 Å². The first-order valence-corrected chi connectivity index (χ1v) is 12.9. The minimum Gasteiger partial charge on any atom is -0.387 e. The van der Waals surface area contributed by atoms with Gasteiger partial charge in [0, 0.05) is 52.0 Å². The van der Waals surface area contributed by atoms with Crippen molar-refractivity contribution in [2.45, 2.75) is 6.54 Å². The second-order valence-electron chi connectivity index (χ2n) is 9.77. The first kappa shape index (κ1) is 21.0. The lowest BCUT2D eigenvalue weighted by Gasteiger charge is -2.14. The molecule has 4 heteroatoms. The maximum absolute atomic E-state index is 4.37. The van der Waals surface area contributed by atoms with Gasteiger partial charge in [0.2, 0.25) is 0 Å². The number of rotatable bonds is 3. The fourth-order valence-electron chi connectivity index (χ4n) is 5.96. The molecule has 0 atom stereocenters. The first-order valence-electron chi connectivity index (χ1n) is 12.9. The van der Waals surface area contributed by atoms with Crippen LogP contribution in [0, 0.1) is 0 Å². The van der Waals surface area contributed by atoms with Gasteiger partial charge in [0.25, 0.3) is 0 Å². The molecule has 38 heavy (non-hydrogen) atoms. The van der Waals surface area contributed by atoms with E-state index >= 15 is 0 Å². The Balaban J connectivity index is 1.18. The molecule has 1 N–H and O–H groups in total. The largest absolute Gasteiger partial charge is 0.387 e. The number of aromatic nitrogens is 3. The Bertz CT molecular complexity index is 1950. The molecule has 3 aromatic heterocycles. The Morgan fingerprint density at radius 2 is 1.18 bits per heavy atom. The lowest BCUT2D eigenvalue weighted by molar-refractivity contribution is 0.855. The van der Waals surface area contributed by atoms with Crippen molar-refractivity contribution >= 4 is 38.8 Å². The quantitative estimate of drug-likeness (QED) is 0.275. The van der Waals surface area contributed by atoms with Gasteiger partial charge < -0.3 is 14.5 Å². The minimum atomic E-state index is 0.853. The summed E-state index contributed by atoms with van der Waals surface area (Å²) in [7, 11) is 0. The number of hydrogen-bond donors (Lipinski definition) is 1. The van der Waals surface area contributed by atoms with Crippen molar-refractivity contribution in [3.8, 4) is 22.5 Å². The van der Waals surface area contributed by atoms with Gasteiger partial charge in [-0.1, -0.05) is 60.7 Å². The lowest BCUT2D eigenvalue weighted by Crippen LogP contribution is -2.10. The molecule has 4 nitrogen and oxygen atoms in total. The second kappa shape index (κ2) is 8.22. The highest BCUT2D eigenvalue weighted by Crippen LogP contribution is 2.34. The Morgan fingerprint density at radius 3 is 1.92 bits per heavy atom. The zero-order valence-corrected chi connectivity index (χ0v) is 20.7. The Morgan fingerprint density at radius 1 is 0.579 bits per heavy atom. The van der Waals surface area contributed by atoms with Gasteiger partial charge in [-0.3, -0.25) is 4.98 Å². The standard InChI is InChI=1S/C34H24N4/c1-3-7-31-27(5-1)29-21-35-19-17-33(29)37(31)25-13-9-23(10-14-25)24-11-15-26(16-12-24)38-32-8-4-2-6-28(32)30-22-36-20-18-34(30)38/h1-21,36H,22H2. The zero-order valence-electron chi connectivity index (χ0n) is 20.7. The van der Waals surface area contributed by atoms with Crippen molar-refractivity contribution in [2.24, 2.45) is 0 Å². The molecule has 7 aromatic rings. The summed E-state index contributed by atoms with van der Waals surface area (Å²) >= 11 is 0. The molecule has 0 saturated heterocycles. The van der Waals surface area contributed by atoms with E-state index in [9.17, 15) is 0 Å². The molecule has 0 fully saturated rings. The predicted octanol–water partition coefficient (Wildman–Crippen LogP) is 7.86. The summed E-state index contributed by atoms with van der Waals surface area (Å²) in [5, 5.41) is 7.07. The summed E-state index contributed by atoms with van der Waals surface area (Å²) in [6.45, 7) is 0.853. The molecule has 1 aliphatic heterocycles. The fraction of sp³-hybridized carbons (Fsp3) is 0.0294. The molecule has 0 aliphatic carbocycles. The molecule has 0 saturated carbocycles. The van der Waals surface area contributed by atoms with Crippen LogP contribution in [-0.2, 0) is 6.54 Å². The third-order valence-corrected chi connectivity index (χ3v) is 7.72. The maximum atomic E-state index is 4.37. The van der Waals surface area contributed by atoms with E-state index in [1.54, 1.807) is 0 Å². The number of nitrogens with zero attached hydrogens (tertiary/aromatic N) is 3. The van der Waals surface area contributed by atoms with Gasteiger partial charge >= 0.3 is 0 Å². The van der Waals surface area contributed by atoms with Gasteiger partial charge in [0.15, 0.2) is 0 Å². The summed E-state index contributed by atoms with van der Waals surface area (Å²) < 4.78 is 4.69. The monoisotopic (exact) mass is 488 g/mol. The van der Waals surface area contributed by atoms with Crippen LogP contribution < -0.4 is 5.32 Å². The Hall–Kier alpha value is -5.09. The smallest absolute Gasteiger partial charge is 0.0571 e. The molecule has 4 aromatic carbocycles. The highest BCUT2D eigenvalue weighted by atomic mass is 15.0. The molecule has 4 heterocycles. The zero-order chi connectivity index (χ0) is 25.1. The predicted molar refractivity (Wildman–Crippen MR) is 157 cm³/mol. The van der Waals surface area contributed by atoms with Crippen molar-refractivity contribution in [3.63, 3.8) is 0 Å². The number of hydrogen-bond acceptors (Lipinski definition) is 2. The molecule has 1 aliphatic rings. The fourth-order valence-corrected chi connectivity index (χ4v) is 5.96. The molecular formula is C34H24N4. The molecule has 0 spiro atoms. The van der Waals surface area contributed by atoms with E-state index in [1.165, 1.54) is 60.8 Å². The third-order valence-electron chi connectivity index (χ3n) is 7.72. The van der Waals surface area contributed by atoms with E-state index in [-0.39, 0.29) is 0 Å². The van der Waals surface area contributed by atoms with Crippen LogP contribution in [0.5, 0.6) is 0 Å². The molecule has 8 rings (SSSR count). The summed E-state index contributed by atoms with van der Waals surface area (Å²) in [4.78, 5) is 4.37. The lowest BCUT2D eigenvalue weighted by atomic mass is 10.0. The summed E-state index contributed by atoms with van der Waals surface area (Å²) in [6, 6.07) is 37.0. The van der Waals surface area contributed by atoms with Crippen LogP contribution in [0.25, 0.3) is 61.3 Å². The summed E-state index contributed by atoms with van der Waals surface area (Å²) in [5.74, 6) is 0. The van der Waals surface area contributed by atoms with E-state index in [1.807, 2.05) is 18.6 Å². The van der Waals surface area contributed by atoms with Crippen molar-refractivity contribution in [1.29, 1.82) is 0 Å². The molecular weight excluding hydrogens is 464 g/mol. The molecule has 0 radical (unpaired) electrons. The van der Waals surface area contributed by atoms with Crippen LogP contribution in [0.3, 0.4) is 0 Å². The van der Waals surface area contributed by atoms with Crippen molar-refractivity contribution < 1.29 is 0 Å². The Labute approximate surface area is 220 Å². The molecule has 0 amide bonds. The average molecular weight is 489 g/mol. The first-order chi connectivity index (χ1) is 18.9. The van der Waals surface area contributed by atoms with E-state index in [4.69, 9.17) is 0 Å². The maximum Gasteiger partial charge on any atom is 0.0571 e. The minimum absolute atomic E-state index is 0.853. The SMILES string of the molecule is C1=Cc2c(c3ccccc3n2-c2ccc(-c3ccc(-n4c5ccccc5c5cnccc54)cc3)cc2)CN1. The van der Waals surface area contributed by atoms with Gasteiger partial charge in [-0.2, -0.15) is 0 Å². The molecule has 180 valence electrons. The van der Waals surface area contributed by atoms with Gasteiger partial charge in [0.05, 0.1) is 22.2 Å².